The first-order valence-corrected chi connectivity index (χ1v) is 7.96. The van der Waals surface area contributed by atoms with Gasteiger partial charge in [0, 0.05) is 29.0 Å². The molecule has 23 heavy (non-hydrogen) atoms. The van der Waals surface area contributed by atoms with Crippen LogP contribution in [0.3, 0.4) is 0 Å². The number of carbonyl (C=O) groups is 1. The molecule has 3 rings (SSSR count). The van der Waals surface area contributed by atoms with E-state index in [9.17, 15) is 4.79 Å². The normalized spacial score (nSPS) is 10.9. The first-order valence-electron chi connectivity index (χ1n) is 7.20. The molecule has 0 radical (unpaired) electrons. The molecule has 118 valence electrons. The minimum atomic E-state index is -0.122. The zero-order valence-corrected chi connectivity index (χ0v) is 14.0. The van der Waals surface area contributed by atoms with Crippen LogP contribution in [0.4, 0.5) is 0 Å². The highest BCUT2D eigenvalue weighted by molar-refractivity contribution is 6.35. The molecule has 0 fully saturated rings. The van der Waals surface area contributed by atoms with Crippen LogP contribution in [0.5, 0.6) is 0 Å². The second-order valence-electron chi connectivity index (χ2n) is 5.31. The minimum Gasteiger partial charge on any atom is -0.352 e. The van der Waals surface area contributed by atoms with E-state index in [-0.39, 0.29) is 5.91 Å². The number of rotatable bonds is 4. The summed E-state index contributed by atoms with van der Waals surface area (Å²) in [7, 11) is 0. The zero-order valence-electron chi connectivity index (χ0n) is 12.5. The molecule has 4 nitrogen and oxygen atoms in total. The van der Waals surface area contributed by atoms with Gasteiger partial charge in [-0.25, -0.2) is 4.98 Å². The highest BCUT2D eigenvalue weighted by Crippen LogP contribution is 2.21. The fourth-order valence-corrected chi connectivity index (χ4v) is 2.89. The summed E-state index contributed by atoms with van der Waals surface area (Å²) in [6, 6.07) is 8.97. The Hall–Kier alpha value is -2.04. The van der Waals surface area contributed by atoms with E-state index < -0.39 is 0 Å². The highest BCUT2D eigenvalue weighted by atomic mass is 35.5. The molecular weight excluding hydrogens is 333 g/mol. The number of aryl methyl sites for hydroxylation is 1. The van der Waals surface area contributed by atoms with Gasteiger partial charge in [-0.3, -0.25) is 4.79 Å². The van der Waals surface area contributed by atoms with E-state index in [2.05, 4.69) is 10.3 Å². The van der Waals surface area contributed by atoms with Crippen molar-refractivity contribution in [3.05, 3.63) is 69.6 Å². The van der Waals surface area contributed by atoms with Crippen LogP contribution in [0.25, 0.3) is 5.65 Å². The Morgan fingerprint density at radius 3 is 2.83 bits per heavy atom. The van der Waals surface area contributed by atoms with Crippen LogP contribution in [-0.2, 0) is 6.42 Å². The van der Waals surface area contributed by atoms with Crippen LogP contribution in [0.2, 0.25) is 10.0 Å². The number of hydrogen-bond donors (Lipinski definition) is 1. The van der Waals surface area contributed by atoms with Gasteiger partial charge in [0.2, 0.25) is 0 Å². The molecule has 0 aliphatic rings. The summed E-state index contributed by atoms with van der Waals surface area (Å²) in [4.78, 5) is 16.6. The van der Waals surface area contributed by atoms with Crippen molar-refractivity contribution in [3.8, 4) is 0 Å². The number of halogens is 2. The van der Waals surface area contributed by atoms with Crippen molar-refractivity contribution in [3.63, 3.8) is 0 Å². The Balaban J connectivity index is 1.64. The third kappa shape index (κ3) is 3.66. The average Bonchev–Trinajstić information content (AvgIpc) is 2.88. The van der Waals surface area contributed by atoms with Crippen molar-refractivity contribution in [2.75, 3.05) is 6.54 Å². The molecule has 3 aromatic rings. The monoisotopic (exact) mass is 347 g/mol. The summed E-state index contributed by atoms with van der Waals surface area (Å²) < 4.78 is 1.85. The summed E-state index contributed by atoms with van der Waals surface area (Å²) in [5.41, 5.74) is 3.29. The van der Waals surface area contributed by atoms with Gasteiger partial charge >= 0.3 is 0 Å². The second kappa shape index (κ2) is 6.60. The fourth-order valence-electron chi connectivity index (χ4n) is 2.39. The lowest BCUT2D eigenvalue weighted by Gasteiger charge is -2.07. The third-order valence-corrected chi connectivity index (χ3v) is 4.12. The molecule has 0 bridgehead atoms. The number of carbonyl (C=O) groups excluding carboxylic acids is 1. The fraction of sp³-hybridized carbons (Fsp3) is 0.176. The summed E-state index contributed by atoms with van der Waals surface area (Å²) >= 11 is 12.0. The number of hydrogen-bond acceptors (Lipinski definition) is 2. The Labute approximate surface area is 144 Å². The molecule has 1 amide bonds. The minimum absolute atomic E-state index is 0.122. The van der Waals surface area contributed by atoms with Crippen molar-refractivity contribution in [2.24, 2.45) is 0 Å². The van der Waals surface area contributed by atoms with Crippen molar-refractivity contribution in [2.45, 2.75) is 13.3 Å². The van der Waals surface area contributed by atoms with E-state index in [1.165, 1.54) is 0 Å². The summed E-state index contributed by atoms with van der Waals surface area (Å²) in [5.74, 6) is -0.122. The molecule has 0 spiro atoms. The van der Waals surface area contributed by atoms with Crippen molar-refractivity contribution in [1.29, 1.82) is 0 Å². The van der Waals surface area contributed by atoms with Gasteiger partial charge in [-0.05, 0) is 43.2 Å². The smallest absolute Gasteiger partial charge is 0.252 e. The first-order chi connectivity index (χ1) is 11.0. The lowest BCUT2D eigenvalue weighted by molar-refractivity contribution is 0.0953. The van der Waals surface area contributed by atoms with Crippen LogP contribution in [0, 0.1) is 6.92 Å². The predicted molar refractivity (Wildman–Crippen MR) is 92.4 cm³/mol. The average molecular weight is 348 g/mol. The Morgan fingerprint density at radius 2 is 2.04 bits per heavy atom. The molecule has 0 aliphatic carbocycles. The standard InChI is InChI=1S/C17H15Cl2N3O/c1-11-9-22-10-13(3-5-16(22)21-11)17(23)20-7-6-12-2-4-14(18)8-15(12)19/h2-5,8-10H,6-7H2,1H3,(H,20,23). The van der Waals surface area contributed by atoms with Crippen LogP contribution >= 0.6 is 23.2 Å². The van der Waals surface area contributed by atoms with Crippen molar-refractivity contribution in [1.82, 2.24) is 14.7 Å². The largest absolute Gasteiger partial charge is 0.352 e. The number of amides is 1. The quantitative estimate of drug-likeness (QED) is 0.777. The maximum Gasteiger partial charge on any atom is 0.252 e. The third-order valence-electron chi connectivity index (χ3n) is 3.53. The second-order valence-corrected chi connectivity index (χ2v) is 6.15. The molecule has 0 saturated heterocycles. The van der Waals surface area contributed by atoms with Crippen molar-refractivity contribution < 1.29 is 4.79 Å². The summed E-state index contributed by atoms with van der Waals surface area (Å²) in [6.07, 6.45) is 4.31. The molecular formula is C17H15Cl2N3O. The van der Waals surface area contributed by atoms with E-state index in [0.717, 1.165) is 16.9 Å². The van der Waals surface area contributed by atoms with Crippen LogP contribution in [0.1, 0.15) is 21.6 Å². The van der Waals surface area contributed by atoms with Gasteiger partial charge in [0.1, 0.15) is 5.65 Å². The summed E-state index contributed by atoms with van der Waals surface area (Å²) in [5, 5.41) is 4.11. The summed E-state index contributed by atoms with van der Waals surface area (Å²) in [6.45, 7) is 2.42. The Kier molecular flexibility index (Phi) is 4.55. The first kappa shape index (κ1) is 15.8. The number of imidazole rings is 1. The van der Waals surface area contributed by atoms with E-state index in [4.69, 9.17) is 23.2 Å². The van der Waals surface area contributed by atoms with E-state index in [1.807, 2.05) is 29.7 Å². The number of nitrogens with one attached hydrogen (secondary N) is 1. The van der Waals surface area contributed by atoms with Gasteiger partial charge in [0.15, 0.2) is 0 Å². The van der Waals surface area contributed by atoms with Crippen LogP contribution in [0.15, 0.2) is 42.7 Å². The highest BCUT2D eigenvalue weighted by Gasteiger charge is 2.08. The molecule has 2 heterocycles. The number of pyridine rings is 1. The van der Waals surface area contributed by atoms with Gasteiger partial charge in [-0.1, -0.05) is 29.3 Å². The van der Waals surface area contributed by atoms with Gasteiger partial charge in [0.05, 0.1) is 11.3 Å². The molecule has 1 N–H and O–H groups in total. The topological polar surface area (TPSA) is 46.4 Å². The van der Waals surface area contributed by atoms with Gasteiger partial charge in [0.25, 0.3) is 5.91 Å². The number of fused-ring (bicyclic) bond motifs is 1. The maximum absolute atomic E-state index is 12.2. The predicted octanol–water partition coefficient (Wildman–Crippen LogP) is 3.92. The number of aromatic nitrogens is 2. The molecule has 0 saturated carbocycles. The van der Waals surface area contributed by atoms with E-state index in [1.54, 1.807) is 24.4 Å². The van der Waals surface area contributed by atoms with Crippen LogP contribution in [-0.4, -0.2) is 21.8 Å². The van der Waals surface area contributed by atoms with Crippen LogP contribution < -0.4 is 5.32 Å². The van der Waals surface area contributed by atoms with Gasteiger partial charge in [-0.15, -0.1) is 0 Å². The SMILES string of the molecule is Cc1cn2cc(C(=O)NCCc3ccc(Cl)cc3Cl)ccc2n1. The number of nitrogens with zero attached hydrogens (tertiary/aromatic N) is 2. The van der Waals surface area contributed by atoms with E-state index in [0.29, 0.717) is 28.6 Å². The van der Waals surface area contributed by atoms with Crippen molar-refractivity contribution >= 4 is 34.8 Å². The van der Waals surface area contributed by atoms with Gasteiger partial charge in [-0.2, -0.15) is 0 Å². The lowest BCUT2D eigenvalue weighted by atomic mass is 10.1. The molecule has 6 heteroatoms. The Morgan fingerprint density at radius 1 is 1.22 bits per heavy atom. The molecule has 0 atom stereocenters. The van der Waals surface area contributed by atoms with Gasteiger partial charge < -0.3 is 9.72 Å². The Bertz CT molecular complexity index is 873. The molecule has 0 unspecified atom stereocenters. The molecule has 2 aromatic heterocycles. The maximum atomic E-state index is 12.2. The number of benzene rings is 1. The zero-order chi connectivity index (χ0) is 16.4. The molecule has 1 aromatic carbocycles. The van der Waals surface area contributed by atoms with E-state index >= 15 is 0 Å². The lowest BCUT2D eigenvalue weighted by Crippen LogP contribution is -2.26. The molecule has 0 aliphatic heterocycles.